The fraction of sp³-hybridized carbons (Fsp3) is 0.800. The van der Waals surface area contributed by atoms with E-state index in [1.54, 1.807) is 0 Å². The Morgan fingerprint density at radius 1 is 1.33 bits per heavy atom. The summed E-state index contributed by atoms with van der Waals surface area (Å²) in [5.74, 6) is 0.730. The van der Waals surface area contributed by atoms with E-state index < -0.39 is 0 Å². The molecule has 0 spiro atoms. The molecule has 1 unspecified atom stereocenters. The molecule has 0 bridgehead atoms. The second-order valence-corrected chi connectivity index (χ2v) is 5.50. The lowest BCUT2D eigenvalue weighted by atomic mass is 9.97. The number of aryl methyl sites for hydroxylation is 2. The number of unbranched alkanes of at least 4 members (excludes halogenated alkanes) is 1. The Kier molecular flexibility index (Phi) is 7.02. The van der Waals surface area contributed by atoms with Crippen LogP contribution < -0.4 is 5.32 Å². The monoisotopic (exact) mass is 251 g/mol. The maximum Gasteiger partial charge on any atom is 0.0492 e. The number of aromatic nitrogens is 2. The summed E-state index contributed by atoms with van der Waals surface area (Å²) in [5.41, 5.74) is 1.35. The zero-order valence-electron chi connectivity index (χ0n) is 12.4. The highest BCUT2D eigenvalue weighted by Crippen LogP contribution is 2.12. The molecule has 1 atom stereocenters. The van der Waals surface area contributed by atoms with Crippen LogP contribution in [0.25, 0.3) is 0 Å². The van der Waals surface area contributed by atoms with Crippen LogP contribution in [0.3, 0.4) is 0 Å². The molecule has 0 radical (unpaired) electrons. The summed E-state index contributed by atoms with van der Waals surface area (Å²) in [6.45, 7) is 8.00. The van der Waals surface area contributed by atoms with Crippen molar-refractivity contribution in [3.63, 3.8) is 0 Å². The minimum Gasteiger partial charge on any atom is -0.314 e. The number of rotatable bonds is 9. The van der Waals surface area contributed by atoms with Crippen molar-refractivity contribution in [1.29, 1.82) is 0 Å². The van der Waals surface area contributed by atoms with E-state index in [2.05, 4.69) is 37.3 Å². The number of nitrogens with zero attached hydrogens (tertiary/aromatic N) is 2. The van der Waals surface area contributed by atoms with Gasteiger partial charge in [-0.1, -0.05) is 27.2 Å². The quantitative estimate of drug-likeness (QED) is 0.683. The van der Waals surface area contributed by atoms with Crippen molar-refractivity contribution < 1.29 is 0 Å². The van der Waals surface area contributed by atoms with Crippen LogP contribution in [0.2, 0.25) is 0 Å². The Bertz CT molecular complexity index is 317. The highest BCUT2D eigenvalue weighted by atomic mass is 15.2. The third-order valence-electron chi connectivity index (χ3n) is 3.58. The van der Waals surface area contributed by atoms with Crippen LogP contribution in [0, 0.1) is 5.92 Å². The minimum absolute atomic E-state index is 0.677. The van der Waals surface area contributed by atoms with Crippen LogP contribution in [-0.4, -0.2) is 22.4 Å². The van der Waals surface area contributed by atoms with Crippen LogP contribution >= 0.6 is 0 Å². The van der Waals surface area contributed by atoms with Crippen molar-refractivity contribution in [3.05, 3.63) is 18.0 Å². The average molecular weight is 251 g/mol. The largest absolute Gasteiger partial charge is 0.314 e. The van der Waals surface area contributed by atoms with Crippen molar-refractivity contribution >= 4 is 0 Å². The lowest BCUT2D eigenvalue weighted by Crippen LogP contribution is -2.34. The van der Waals surface area contributed by atoms with E-state index in [0.717, 1.165) is 18.9 Å². The molecule has 1 rings (SSSR count). The van der Waals surface area contributed by atoms with Crippen molar-refractivity contribution in [2.24, 2.45) is 13.0 Å². The second-order valence-electron chi connectivity index (χ2n) is 5.50. The molecule has 0 amide bonds. The SMILES string of the molecule is CCCNC(CCCCc1ccnn1C)C(C)C. The maximum absolute atomic E-state index is 4.20. The molecule has 0 fully saturated rings. The highest BCUT2D eigenvalue weighted by molar-refractivity contribution is 4.99. The van der Waals surface area contributed by atoms with Crippen molar-refractivity contribution in [2.45, 2.75) is 58.9 Å². The molecular formula is C15H29N3. The van der Waals surface area contributed by atoms with Crippen molar-refractivity contribution in [1.82, 2.24) is 15.1 Å². The van der Waals surface area contributed by atoms with Crippen LogP contribution in [0.1, 0.15) is 52.1 Å². The molecule has 0 saturated carbocycles. The van der Waals surface area contributed by atoms with Crippen LogP contribution in [0.5, 0.6) is 0 Å². The van der Waals surface area contributed by atoms with E-state index in [-0.39, 0.29) is 0 Å². The lowest BCUT2D eigenvalue weighted by molar-refractivity contribution is 0.366. The van der Waals surface area contributed by atoms with E-state index in [9.17, 15) is 0 Å². The lowest BCUT2D eigenvalue weighted by Gasteiger charge is -2.22. The summed E-state index contributed by atoms with van der Waals surface area (Å²) >= 11 is 0. The van der Waals surface area contributed by atoms with Gasteiger partial charge in [0.15, 0.2) is 0 Å². The number of hydrogen-bond donors (Lipinski definition) is 1. The van der Waals surface area contributed by atoms with Crippen LogP contribution in [-0.2, 0) is 13.5 Å². The Morgan fingerprint density at radius 3 is 2.67 bits per heavy atom. The van der Waals surface area contributed by atoms with Gasteiger partial charge >= 0.3 is 0 Å². The van der Waals surface area contributed by atoms with Gasteiger partial charge in [0.1, 0.15) is 0 Å². The van der Waals surface area contributed by atoms with E-state index in [0.29, 0.717) is 6.04 Å². The molecule has 0 aliphatic heterocycles. The molecule has 1 heterocycles. The molecule has 0 aromatic carbocycles. The summed E-state index contributed by atoms with van der Waals surface area (Å²) in [5, 5.41) is 7.86. The fourth-order valence-electron chi connectivity index (χ4n) is 2.32. The Morgan fingerprint density at radius 2 is 2.11 bits per heavy atom. The molecule has 1 aromatic heterocycles. The number of nitrogens with one attached hydrogen (secondary N) is 1. The predicted octanol–water partition coefficient (Wildman–Crippen LogP) is 3.16. The fourth-order valence-corrected chi connectivity index (χ4v) is 2.32. The molecule has 0 saturated heterocycles. The number of hydrogen-bond acceptors (Lipinski definition) is 2. The van der Waals surface area contributed by atoms with Gasteiger partial charge in [0.2, 0.25) is 0 Å². The molecular weight excluding hydrogens is 222 g/mol. The van der Waals surface area contributed by atoms with Crippen molar-refractivity contribution in [2.75, 3.05) is 6.54 Å². The van der Waals surface area contributed by atoms with E-state index in [4.69, 9.17) is 0 Å². The summed E-state index contributed by atoms with van der Waals surface area (Å²) in [7, 11) is 2.02. The van der Waals surface area contributed by atoms with Crippen LogP contribution in [0.15, 0.2) is 12.3 Å². The summed E-state index contributed by atoms with van der Waals surface area (Å²) < 4.78 is 1.98. The smallest absolute Gasteiger partial charge is 0.0492 e. The van der Waals surface area contributed by atoms with Crippen molar-refractivity contribution in [3.8, 4) is 0 Å². The molecule has 0 aliphatic rings. The van der Waals surface area contributed by atoms with Gasteiger partial charge < -0.3 is 5.32 Å². The summed E-state index contributed by atoms with van der Waals surface area (Å²) in [4.78, 5) is 0. The molecule has 1 aromatic rings. The van der Waals surface area contributed by atoms with Gasteiger partial charge in [0.25, 0.3) is 0 Å². The molecule has 3 heteroatoms. The molecule has 3 nitrogen and oxygen atoms in total. The summed E-state index contributed by atoms with van der Waals surface area (Å²) in [6, 6.07) is 2.80. The van der Waals surface area contributed by atoms with E-state index >= 15 is 0 Å². The van der Waals surface area contributed by atoms with Gasteiger partial charge in [-0.2, -0.15) is 5.10 Å². The van der Waals surface area contributed by atoms with Gasteiger partial charge in [-0.3, -0.25) is 4.68 Å². The first-order valence-corrected chi connectivity index (χ1v) is 7.35. The standard InChI is InChI=1S/C15H29N3/c1-5-11-16-15(13(2)3)9-7-6-8-14-10-12-17-18(14)4/h10,12-13,15-16H,5-9,11H2,1-4H3. The Hall–Kier alpha value is -0.830. The average Bonchev–Trinajstić information content (AvgIpc) is 2.73. The normalized spacial score (nSPS) is 13.2. The molecule has 1 N–H and O–H groups in total. The van der Waals surface area contributed by atoms with E-state index in [1.165, 1.54) is 31.4 Å². The Labute approximate surface area is 112 Å². The third-order valence-corrected chi connectivity index (χ3v) is 3.58. The van der Waals surface area contributed by atoms with Gasteiger partial charge in [0.05, 0.1) is 0 Å². The third kappa shape index (κ3) is 5.21. The van der Waals surface area contributed by atoms with E-state index in [1.807, 2.05) is 17.9 Å². The van der Waals surface area contributed by atoms with Gasteiger partial charge in [-0.25, -0.2) is 0 Å². The molecule has 0 aliphatic carbocycles. The van der Waals surface area contributed by atoms with Gasteiger partial charge in [0, 0.05) is 25.0 Å². The first kappa shape index (κ1) is 15.2. The van der Waals surface area contributed by atoms with Gasteiger partial charge in [-0.05, 0) is 44.2 Å². The highest BCUT2D eigenvalue weighted by Gasteiger charge is 2.11. The zero-order valence-corrected chi connectivity index (χ0v) is 12.4. The Balaban J connectivity index is 2.20. The van der Waals surface area contributed by atoms with Crippen LogP contribution in [0.4, 0.5) is 0 Å². The first-order chi connectivity index (χ1) is 8.65. The van der Waals surface area contributed by atoms with Gasteiger partial charge in [-0.15, -0.1) is 0 Å². The molecule has 104 valence electrons. The predicted molar refractivity (Wildman–Crippen MR) is 77.7 cm³/mol. The maximum atomic E-state index is 4.20. The summed E-state index contributed by atoms with van der Waals surface area (Å²) in [6.07, 6.45) is 8.10. The topological polar surface area (TPSA) is 29.9 Å². The molecule has 18 heavy (non-hydrogen) atoms. The minimum atomic E-state index is 0.677. The first-order valence-electron chi connectivity index (χ1n) is 7.35. The zero-order chi connectivity index (χ0) is 13.4. The second kappa shape index (κ2) is 8.30.